The van der Waals surface area contributed by atoms with Gasteiger partial charge in [-0.2, -0.15) is 14.5 Å². The molecule has 0 unspecified atom stereocenters. The van der Waals surface area contributed by atoms with Crippen LogP contribution in [0.4, 0.5) is 4.39 Å². The van der Waals surface area contributed by atoms with E-state index in [-0.39, 0.29) is 36.2 Å². The van der Waals surface area contributed by atoms with E-state index in [1.807, 2.05) is 0 Å². The van der Waals surface area contributed by atoms with Gasteiger partial charge in [-0.3, -0.25) is 9.59 Å². The first-order valence-corrected chi connectivity index (χ1v) is 8.08. The number of benzene rings is 1. The number of carbonyl (C=O) groups excluding carboxylic acids is 1. The molecule has 0 aliphatic carbocycles. The van der Waals surface area contributed by atoms with E-state index in [1.165, 1.54) is 43.6 Å². The van der Waals surface area contributed by atoms with Crippen molar-refractivity contribution in [1.82, 2.24) is 9.78 Å². The standard InChI is InChI=1S/C19H16FN3O4.ClH/c1-12-17(13(2)24)21-23(16-5-3-15(20)4-6-16)19(25)18(12)27-11-14-7-9-22(26)10-8-14;/h3-10H,11H2,1-2H3;1H. The van der Waals surface area contributed by atoms with Crippen molar-refractivity contribution in [3.05, 3.63) is 87.0 Å². The summed E-state index contributed by atoms with van der Waals surface area (Å²) in [6.07, 6.45) is 2.63. The molecule has 146 valence electrons. The van der Waals surface area contributed by atoms with E-state index in [1.54, 1.807) is 19.1 Å². The van der Waals surface area contributed by atoms with E-state index in [0.29, 0.717) is 21.5 Å². The van der Waals surface area contributed by atoms with E-state index >= 15 is 0 Å². The van der Waals surface area contributed by atoms with Gasteiger partial charge in [0.25, 0.3) is 0 Å². The minimum absolute atomic E-state index is 0. The van der Waals surface area contributed by atoms with Crippen LogP contribution >= 0.6 is 12.4 Å². The maximum Gasteiger partial charge on any atom is 0.314 e. The Kier molecular flexibility index (Phi) is 6.48. The molecular formula is C19H17ClFN3O4. The molecule has 2 aromatic heterocycles. The molecule has 0 radical (unpaired) electrons. The van der Waals surface area contributed by atoms with Gasteiger partial charge in [0.05, 0.1) is 5.69 Å². The Morgan fingerprint density at radius 3 is 2.39 bits per heavy atom. The first-order valence-electron chi connectivity index (χ1n) is 8.08. The SMILES string of the molecule is CC(=O)c1nn(-c2ccc(F)cc2)c(=O)c(OCc2cc[n+]([O-])cc2)c1C.Cl. The van der Waals surface area contributed by atoms with Crippen molar-refractivity contribution in [1.29, 1.82) is 0 Å². The number of ketones is 1. The molecule has 3 aromatic rings. The first kappa shape index (κ1) is 21.0. The molecule has 0 amide bonds. The summed E-state index contributed by atoms with van der Waals surface area (Å²) in [7, 11) is 0. The summed E-state index contributed by atoms with van der Waals surface area (Å²) in [5, 5.41) is 15.2. The number of aromatic nitrogens is 3. The minimum atomic E-state index is -0.570. The molecule has 1 aromatic carbocycles. The number of ether oxygens (including phenoxy) is 1. The summed E-state index contributed by atoms with van der Waals surface area (Å²) in [5.74, 6) is -0.819. The number of hydrogen-bond donors (Lipinski definition) is 0. The molecule has 0 aliphatic rings. The molecule has 0 atom stereocenters. The Labute approximate surface area is 166 Å². The van der Waals surface area contributed by atoms with Crippen LogP contribution in [-0.4, -0.2) is 15.6 Å². The highest BCUT2D eigenvalue weighted by atomic mass is 35.5. The Morgan fingerprint density at radius 2 is 1.82 bits per heavy atom. The Bertz CT molecular complexity index is 1050. The zero-order valence-electron chi connectivity index (χ0n) is 15.1. The second-order valence-electron chi connectivity index (χ2n) is 5.91. The van der Waals surface area contributed by atoms with Gasteiger partial charge in [0.2, 0.25) is 0 Å². The summed E-state index contributed by atoms with van der Waals surface area (Å²) >= 11 is 0. The average molecular weight is 406 g/mol. The molecule has 0 N–H and O–H groups in total. The van der Waals surface area contributed by atoms with E-state index < -0.39 is 11.4 Å². The highest BCUT2D eigenvalue weighted by Gasteiger charge is 2.19. The van der Waals surface area contributed by atoms with Gasteiger partial charge in [-0.25, -0.2) is 4.39 Å². The van der Waals surface area contributed by atoms with Crippen molar-refractivity contribution >= 4 is 18.2 Å². The fourth-order valence-corrected chi connectivity index (χ4v) is 2.54. The van der Waals surface area contributed by atoms with Crippen LogP contribution in [0, 0.1) is 17.9 Å². The van der Waals surface area contributed by atoms with Crippen LogP contribution < -0.4 is 15.0 Å². The van der Waals surface area contributed by atoms with Crippen LogP contribution in [0.1, 0.15) is 28.5 Å². The lowest BCUT2D eigenvalue weighted by Crippen LogP contribution is -2.27. The number of Topliss-reactive ketones (excluding diaryl/α,β-unsaturated/α-hetero) is 1. The fraction of sp³-hybridized carbons (Fsp3) is 0.158. The van der Waals surface area contributed by atoms with E-state index in [0.717, 1.165) is 4.68 Å². The molecule has 0 fully saturated rings. The highest BCUT2D eigenvalue weighted by Crippen LogP contribution is 2.19. The predicted molar refractivity (Wildman–Crippen MR) is 102 cm³/mol. The van der Waals surface area contributed by atoms with E-state index in [9.17, 15) is 19.2 Å². The van der Waals surface area contributed by atoms with Gasteiger partial charge >= 0.3 is 5.56 Å². The number of rotatable bonds is 5. The molecule has 0 spiro atoms. The smallest absolute Gasteiger partial charge is 0.314 e. The summed E-state index contributed by atoms with van der Waals surface area (Å²) in [6.45, 7) is 2.94. The molecule has 0 saturated heterocycles. The van der Waals surface area contributed by atoms with Crippen LogP contribution in [0.3, 0.4) is 0 Å². The van der Waals surface area contributed by atoms with Crippen LogP contribution in [-0.2, 0) is 6.61 Å². The van der Waals surface area contributed by atoms with Gasteiger partial charge in [0.15, 0.2) is 23.9 Å². The van der Waals surface area contributed by atoms with Crippen LogP contribution in [0.25, 0.3) is 5.69 Å². The molecule has 0 saturated carbocycles. The van der Waals surface area contributed by atoms with Gasteiger partial charge in [0, 0.05) is 30.2 Å². The van der Waals surface area contributed by atoms with E-state index in [4.69, 9.17) is 4.74 Å². The zero-order valence-corrected chi connectivity index (χ0v) is 15.9. The molecule has 0 bridgehead atoms. The lowest BCUT2D eigenvalue weighted by atomic mass is 10.1. The van der Waals surface area contributed by atoms with Crippen molar-refractivity contribution < 1.29 is 18.7 Å². The molecule has 2 heterocycles. The monoisotopic (exact) mass is 405 g/mol. The van der Waals surface area contributed by atoms with Crippen molar-refractivity contribution in [2.45, 2.75) is 20.5 Å². The Morgan fingerprint density at radius 1 is 1.21 bits per heavy atom. The largest absolute Gasteiger partial charge is 0.619 e. The average Bonchev–Trinajstić information content (AvgIpc) is 2.64. The molecular weight excluding hydrogens is 389 g/mol. The maximum absolute atomic E-state index is 13.2. The fourth-order valence-electron chi connectivity index (χ4n) is 2.54. The number of pyridine rings is 1. The summed E-state index contributed by atoms with van der Waals surface area (Å²) in [6, 6.07) is 8.29. The highest BCUT2D eigenvalue weighted by molar-refractivity contribution is 5.93. The van der Waals surface area contributed by atoms with Gasteiger partial charge in [0.1, 0.15) is 18.1 Å². The lowest BCUT2D eigenvalue weighted by Gasteiger charge is -2.14. The zero-order chi connectivity index (χ0) is 19.6. The van der Waals surface area contributed by atoms with Crippen LogP contribution in [0.2, 0.25) is 0 Å². The second-order valence-corrected chi connectivity index (χ2v) is 5.91. The Hall–Kier alpha value is -3.26. The van der Waals surface area contributed by atoms with E-state index in [2.05, 4.69) is 5.10 Å². The van der Waals surface area contributed by atoms with Crippen LogP contribution in [0.5, 0.6) is 5.75 Å². The van der Waals surface area contributed by atoms with Crippen molar-refractivity contribution in [3.63, 3.8) is 0 Å². The quantitative estimate of drug-likeness (QED) is 0.370. The minimum Gasteiger partial charge on any atom is -0.619 e. The second kappa shape index (κ2) is 8.62. The van der Waals surface area contributed by atoms with Crippen molar-refractivity contribution in [3.8, 4) is 11.4 Å². The third-order valence-electron chi connectivity index (χ3n) is 3.94. The number of nitrogens with zero attached hydrogens (tertiary/aromatic N) is 3. The maximum atomic E-state index is 13.2. The molecule has 9 heteroatoms. The first-order chi connectivity index (χ1) is 12.9. The molecule has 3 rings (SSSR count). The number of halogens is 2. The summed E-state index contributed by atoms with van der Waals surface area (Å²) in [4.78, 5) is 24.8. The normalized spacial score (nSPS) is 10.2. The van der Waals surface area contributed by atoms with Crippen LogP contribution in [0.15, 0.2) is 53.6 Å². The topological polar surface area (TPSA) is 88.1 Å². The van der Waals surface area contributed by atoms with Gasteiger partial charge in [-0.1, -0.05) is 0 Å². The van der Waals surface area contributed by atoms with Gasteiger partial charge in [-0.05, 0) is 31.2 Å². The third kappa shape index (κ3) is 4.34. The van der Waals surface area contributed by atoms with Gasteiger partial charge in [-0.15, -0.1) is 12.4 Å². The Balaban J connectivity index is 0.00000280. The molecule has 0 aliphatic heterocycles. The summed E-state index contributed by atoms with van der Waals surface area (Å²) < 4.78 is 20.5. The molecule has 7 nitrogen and oxygen atoms in total. The molecule has 28 heavy (non-hydrogen) atoms. The third-order valence-corrected chi connectivity index (χ3v) is 3.94. The lowest BCUT2D eigenvalue weighted by molar-refractivity contribution is -0.605. The predicted octanol–water partition coefficient (Wildman–Crippen LogP) is 2.52. The number of hydrogen-bond acceptors (Lipinski definition) is 5. The van der Waals surface area contributed by atoms with Gasteiger partial charge < -0.3 is 9.94 Å². The van der Waals surface area contributed by atoms with Crippen molar-refractivity contribution in [2.75, 3.05) is 0 Å². The number of carbonyl (C=O) groups is 1. The van der Waals surface area contributed by atoms with Crippen molar-refractivity contribution in [2.24, 2.45) is 0 Å². The summed E-state index contributed by atoms with van der Waals surface area (Å²) in [5.41, 5.74) is 0.815.